The number of hydrogen-bond acceptors (Lipinski definition) is 5. The minimum absolute atomic E-state index is 0.463. The van der Waals surface area contributed by atoms with Crippen LogP contribution in [0.1, 0.15) is 89.4 Å². The van der Waals surface area contributed by atoms with Crippen molar-refractivity contribution in [2.24, 2.45) is 0 Å². The molecule has 1 N–H and O–H groups in total. The van der Waals surface area contributed by atoms with Crippen molar-refractivity contribution in [2.45, 2.75) is 84.6 Å². The van der Waals surface area contributed by atoms with Gasteiger partial charge in [-0.05, 0) is 50.3 Å². The van der Waals surface area contributed by atoms with E-state index in [4.69, 9.17) is 20.1 Å². The largest absolute Gasteiger partial charge is 0.344 e. The van der Waals surface area contributed by atoms with Gasteiger partial charge in [0.05, 0.1) is 24.1 Å². The van der Waals surface area contributed by atoms with Gasteiger partial charge in [0.1, 0.15) is 5.52 Å². The molecule has 7 nitrogen and oxygen atoms in total. The molecular weight excluding hydrogens is 458 g/mol. The SMILES string of the molecule is CCCC(CCC)c1ncc(-c2cnc3[nH]cc(-c4cnn(C5CCN(CC)CC5)c4)c3n2)cc1CC. The first kappa shape index (κ1) is 25.6. The molecule has 0 aromatic carbocycles. The van der Waals surface area contributed by atoms with E-state index in [1.807, 2.05) is 24.8 Å². The Hall–Kier alpha value is -3.06. The van der Waals surface area contributed by atoms with E-state index in [9.17, 15) is 0 Å². The lowest BCUT2D eigenvalue weighted by atomic mass is 9.90. The number of aryl methyl sites for hydroxylation is 1. The first-order chi connectivity index (χ1) is 18.1. The van der Waals surface area contributed by atoms with Crippen LogP contribution in [-0.4, -0.2) is 54.3 Å². The van der Waals surface area contributed by atoms with Gasteiger partial charge in [-0.3, -0.25) is 9.67 Å². The van der Waals surface area contributed by atoms with Crippen molar-refractivity contribution in [1.82, 2.24) is 34.6 Å². The Balaban J connectivity index is 1.43. The number of hydrogen-bond donors (Lipinski definition) is 1. The fourth-order valence-corrected chi connectivity index (χ4v) is 5.85. The Morgan fingerprint density at radius 1 is 0.973 bits per heavy atom. The van der Waals surface area contributed by atoms with Crippen LogP contribution in [-0.2, 0) is 6.42 Å². The van der Waals surface area contributed by atoms with E-state index in [-0.39, 0.29) is 0 Å². The molecule has 1 aliphatic heterocycles. The molecule has 0 aliphatic carbocycles. The molecule has 0 bridgehead atoms. The molecule has 0 atom stereocenters. The summed E-state index contributed by atoms with van der Waals surface area (Å²) in [6.07, 6.45) is 18.0. The van der Waals surface area contributed by atoms with Crippen LogP contribution in [0.4, 0.5) is 0 Å². The molecule has 0 spiro atoms. The second kappa shape index (κ2) is 11.5. The maximum atomic E-state index is 5.07. The van der Waals surface area contributed by atoms with Crippen LogP contribution in [0, 0.1) is 0 Å². The minimum atomic E-state index is 0.463. The number of rotatable bonds is 10. The highest BCUT2D eigenvalue weighted by Crippen LogP contribution is 2.32. The fraction of sp³-hybridized carbons (Fsp3) is 0.533. The number of nitrogens with zero attached hydrogens (tertiary/aromatic N) is 6. The van der Waals surface area contributed by atoms with Crippen molar-refractivity contribution >= 4 is 11.2 Å². The number of piperidine rings is 1. The lowest BCUT2D eigenvalue weighted by molar-refractivity contribution is 0.187. The van der Waals surface area contributed by atoms with Crippen LogP contribution in [0.3, 0.4) is 0 Å². The third kappa shape index (κ3) is 5.33. The lowest BCUT2D eigenvalue weighted by Crippen LogP contribution is -2.34. The number of pyridine rings is 1. The molecule has 4 aromatic heterocycles. The van der Waals surface area contributed by atoms with Gasteiger partial charge in [-0.2, -0.15) is 5.10 Å². The maximum absolute atomic E-state index is 5.07. The zero-order valence-corrected chi connectivity index (χ0v) is 22.9. The minimum Gasteiger partial charge on any atom is -0.344 e. The van der Waals surface area contributed by atoms with Gasteiger partial charge >= 0.3 is 0 Å². The molecule has 7 heteroatoms. The van der Waals surface area contributed by atoms with Gasteiger partial charge in [-0.25, -0.2) is 9.97 Å². The van der Waals surface area contributed by atoms with E-state index in [1.54, 1.807) is 0 Å². The number of aromatic amines is 1. The first-order valence-corrected chi connectivity index (χ1v) is 14.2. The van der Waals surface area contributed by atoms with Crippen LogP contribution in [0.25, 0.3) is 33.5 Å². The topological polar surface area (TPSA) is 75.5 Å². The number of fused-ring (bicyclic) bond motifs is 1. The monoisotopic (exact) mass is 499 g/mol. The second-order valence-electron chi connectivity index (χ2n) is 10.4. The molecule has 5 heterocycles. The number of H-pyrrole nitrogens is 1. The van der Waals surface area contributed by atoms with Gasteiger partial charge in [-0.15, -0.1) is 0 Å². The molecule has 37 heavy (non-hydrogen) atoms. The van der Waals surface area contributed by atoms with E-state index in [0.29, 0.717) is 12.0 Å². The van der Waals surface area contributed by atoms with Gasteiger partial charge < -0.3 is 9.88 Å². The van der Waals surface area contributed by atoms with Crippen molar-refractivity contribution in [1.29, 1.82) is 0 Å². The standard InChI is InChI=1S/C30H41N7/c1-5-9-22(10-6-2)28-21(7-3)15-23(16-31-28)27-19-33-30-29(35-27)26(18-32-30)24-17-34-37(20-24)25-11-13-36(8-4)14-12-25/h15-20,22,25H,5-14H2,1-4H3,(H,32,33). The predicted octanol–water partition coefficient (Wildman–Crippen LogP) is 6.79. The van der Waals surface area contributed by atoms with Gasteiger partial charge in [0, 0.05) is 60.0 Å². The normalized spacial score (nSPS) is 15.3. The Morgan fingerprint density at radius 2 is 1.76 bits per heavy atom. The molecule has 1 saturated heterocycles. The van der Waals surface area contributed by atoms with E-state index in [2.05, 4.69) is 54.5 Å². The van der Waals surface area contributed by atoms with Gasteiger partial charge in [0.25, 0.3) is 0 Å². The molecule has 5 rings (SSSR count). The average Bonchev–Trinajstić information content (AvgIpc) is 3.59. The Kier molecular flexibility index (Phi) is 7.99. The highest BCUT2D eigenvalue weighted by atomic mass is 15.3. The van der Waals surface area contributed by atoms with Crippen molar-refractivity contribution in [3.63, 3.8) is 0 Å². The average molecular weight is 500 g/mol. The van der Waals surface area contributed by atoms with Crippen molar-refractivity contribution < 1.29 is 0 Å². The predicted molar refractivity (Wildman–Crippen MR) is 151 cm³/mol. The van der Waals surface area contributed by atoms with E-state index in [0.717, 1.165) is 72.4 Å². The maximum Gasteiger partial charge on any atom is 0.156 e. The summed E-state index contributed by atoms with van der Waals surface area (Å²) in [5.74, 6) is 0.537. The van der Waals surface area contributed by atoms with E-state index >= 15 is 0 Å². The van der Waals surface area contributed by atoms with Crippen LogP contribution in [0.15, 0.2) is 37.1 Å². The number of likely N-dealkylation sites (tertiary alicyclic amines) is 1. The van der Waals surface area contributed by atoms with Gasteiger partial charge in [-0.1, -0.05) is 40.5 Å². The Morgan fingerprint density at radius 3 is 2.46 bits per heavy atom. The summed E-state index contributed by atoms with van der Waals surface area (Å²) in [6, 6.07) is 2.74. The third-order valence-corrected chi connectivity index (χ3v) is 8.01. The van der Waals surface area contributed by atoms with Crippen LogP contribution in [0.5, 0.6) is 0 Å². The highest BCUT2D eigenvalue weighted by molar-refractivity contribution is 5.91. The summed E-state index contributed by atoms with van der Waals surface area (Å²) in [5, 5.41) is 4.74. The van der Waals surface area contributed by atoms with Crippen LogP contribution in [0.2, 0.25) is 0 Å². The summed E-state index contributed by atoms with van der Waals surface area (Å²) in [7, 11) is 0. The smallest absolute Gasteiger partial charge is 0.156 e. The molecule has 0 saturated carbocycles. The molecule has 0 amide bonds. The molecule has 0 radical (unpaired) electrons. The molecule has 196 valence electrons. The van der Waals surface area contributed by atoms with Crippen LogP contribution < -0.4 is 0 Å². The Labute approximate surface area is 220 Å². The van der Waals surface area contributed by atoms with Crippen LogP contribution >= 0.6 is 0 Å². The number of nitrogens with one attached hydrogen (secondary N) is 1. The highest BCUT2D eigenvalue weighted by Gasteiger charge is 2.21. The van der Waals surface area contributed by atoms with Crippen molar-refractivity contribution in [2.75, 3.05) is 19.6 Å². The molecule has 4 aromatic rings. The third-order valence-electron chi connectivity index (χ3n) is 8.01. The summed E-state index contributed by atoms with van der Waals surface area (Å²) in [6.45, 7) is 12.4. The van der Waals surface area contributed by atoms with E-state index in [1.165, 1.54) is 36.9 Å². The van der Waals surface area contributed by atoms with E-state index < -0.39 is 0 Å². The summed E-state index contributed by atoms with van der Waals surface area (Å²) in [4.78, 5) is 20.6. The quantitative estimate of drug-likeness (QED) is 0.260. The summed E-state index contributed by atoms with van der Waals surface area (Å²) in [5.41, 5.74) is 8.31. The van der Waals surface area contributed by atoms with Crippen molar-refractivity contribution in [3.8, 4) is 22.4 Å². The summed E-state index contributed by atoms with van der Waals surface area (Å²) >= 11 is 0. The van der Waals surface area contributed by atoms with Gasteiger partial charge in [0.15, 0.2) is 5.65 Å². The zero-order valence-electron chi connectivity index (χ0n) is 22.9. The molecule has 1 fully saturated rings. The van der Waals surface area contributed by atoms with Crippen molar-refractivity contribution in [3.05, 3.63) is 48.3 Å². The van der Waals surface area contributed by atoms with Gasteiger partial charge in [0.2, 0.25) is 0 Å². The lowest BCUT2D eigenvalue weighted by Gasteiger charge is -2.31. The fourth-order valence-electron chi connectivity index (χ4n) is 5.85. The summed E-state index contributed by atoms with van der Waals surface area (Å²) < 4.78 is 2.15. The Bertz CT molecular complexity index is 1310. The zero-order chi connectivity index (χ0) is 25.8. The second-order valence-corrected chi connectivity index (χ2v) is 10.4. The molecular formula is C30H41N7. The molecule has 0 unspecified atom stereocenters. The first-order valence-electron chi connectivity index (χ1n) is 14.2. The number of aromatic nitrogens is 6. The molecule has 1 aliphatic rings.